The molecule has 0 bridgehead atoms. The number of hydrogen-bond donors (Lipinski definition) is 1. The van der Waals surface area contributed by atoms with Crippen LogP contribution in [0.1, 0.15) is 54.8 Å². The van der Waals surface area contributed by atoms with Crippen molar-refractivity contribution in [1.29, 1.82) is 0 Å². The van der Waals surface area contributed by atoms with Crippen molar-refractivity contribution in [2.45, 2.75) is 59.3 Å². The number of fused-ring (bicyclic) bond motifs is 2. The monoisotopic (exact) mass is 551 g/mol. The molecule has 1 atom stereocenters. The molecule has 2 aliphatic heterocycles. The molecule has 0 saturated carbocycles. The van der Waals surface area contributed by atoms with Gasteiger partial charge in [-0.3, -0.25) is 0 Å². The van der Waals surface area contributed by atoms with Crippen LogP contribution < -0.4 is 14.5 Å². The van der Waals surface area contributed by atoms with Crippen LogP contribution in [-0.2, 0) is 22.5 Å². The summed E-state index contributed by atoms with van der Waals surface area (Å²) in [5.41, 5.74) is 4.94. The van der Waals surface area contributed by atoms with Crippen LogP contribution in [0.4, 0.5) is 20.3 Å². The number of carboxylic acid groups (broad SMARTS) is 1. The number of ether oxygens (including phenoxy) is 2. The first-order chi connectivity index (χ1) is 18.9. The van der Waals surface area contributed by atoms with Crippen LogP contribution in [0.25, 0.3) is 11.1 Å². The molecule has 0 saturated heterocycles. The van der Waals surface area contributed by atoms with Crippen LogP contribution >= 0.6 is 0 Å². The first-order valence-corrected chi connectivity index (χ1v) is 13.5. The van der Waals surface area contributed by atoms with Crippen molar-refractivity contribution in [3.05, 3.63) is 69.9 Å². The van der Waals surface area contributed by atoms with Crippen LogP contribution in [0.2, 0.25) is 0 Å². The molecule has 5 rings (SSSR count). The highest BCUT2D eigenvalue weighted by molar-refractivity contribution is 5.88. The van der Waals surface area contributed by atoms with Gasteiger partial charge in [-0.05, 0) is 69.9 Å². The van der Waals surface area contributed by atoms with E-state index < -0.39 is 29.3 Å². The fourth-order valence-corrected chi connectivity index (χ4v) is 5.78. The molecule has 3 aromatic rings. The maximum atomic E-state index is 14.6. The van der Waals surface area contributed by atoms with Gasteiger partial charge in [-0.15, -0.1) is 0 Å². The lowest BCUT2D eigenvalue weighted by molar-refractivity contribution is -0.160. The average molecular weight is 552 g/mol. The van der Waals surface area contributed by atoms with Gasteiger partial charge < -0.3 is 24.4 Å². The summed E-state index contributed by atoms with van der Waals surface area (Å²) < 4.78 is 40.6. The quantitative estimate of drug-likeness (QED) is 0.404. The highest BCUT2D eigenvalue weighted by Crippen LogP contribution is 2.47. The van der Waals surface area contributed by atoms with E-state index in [0.717, 1.165) is 46.3 Å². The molecule has 7 nitrogen and oxygen atoms in total. The minimum atomic E-state index is -1.26. The van der Waals surface area contributed by atoms with E-state index in [1.807, 2.05) is 51.8 Å². The number of hydrogen-bond acceptors (Lipinski definition) is 6. The van der Waals surface area contributed by atoms with Crippen LogP contribution in [0.3, 0.4) is 0 Å². The second-order valence-corrected chi connectivity index (χ2v) is 11.5. The summed E-state index contributed by atoms with van der Waals surface area (Å²) >= 11 is 0. The third kappa shape index (κ3) is 4.98. The lowest BCUT2D eigenvalue weighted by atomic mass is 9.87. The SMILES string of the molecule is Cc1nc2c(c(-c3ccc4c(c3C)N(C)CCO4)c1C(OC(C)(C)C)C(=O)O)CCN2Cc1cccc(F)c1F. The predicted octanol–water partition coefficient (Wildman–Crippen LogP) is 5.98. The van der Waals surface area contributed by atoms with Crippen molar-refractivity contribution in [3.63, 3.8) is 0 Å². The number of aromatic nitrogens is 1. The zero-order valence-corrected chi connectivity index (χ0v) is 23.8. The lowest BCUT2D eigenvalue weighted by Gasteiger charge is -2.32. The number of aryl methyl sites for hydroxylation is 1. The van der Waals surface area contributed by atoms with Crippen LogP contribution in [0.15, 0.2) is 30.3 Å². The molecule has 0 fully saturated rings. The summed E-state index contributed by atoms with van der Waals surface area (Å²) in [6, 6.07) is 8.06. The molecular weight excluding hydrogens is 516 g/mol. The number of rotatable bonds is 6. The molecule has 0 aliphatic carbocycles. The molecule has 0 radical (unpaired) electrons. The van der Waals surface area contributed by atoms with E-state index in [9.17, 15) is 18.7 Å². The second kappa shape index (κ2) is 10.4. The zero-order valence-electron chi connectivity index (χ0n) is 23.8. The molecule has 1 unspecified atom stereocenters. The lowest BCUT2D eigenvalue weighted by Crippen LogP contribution is -2.30. The van der Waals surface area contributed by atoms with E-state index in [1.54, 1.807) is 13.0 Å². The van der Waals surface area contributed by atoms with Crippen molar-refractivity contribution in [2.75, 3.05) is 36.5 Å². The maximum Gasteiger partial charge on any atom is 0.337 e. The van der Waals surface area contributed by atoms with E-state index in [1.165, 1.54) is 6.07 Å². The van der Waals surface area contributed by atoms with Crippen molar-refractivity contribution in [3.8, 4) is 16.9 Å². The largest absolute Gasteiger partial charge is 0.490 e. The van der Waals surface area contributed by atoms with Gasteiger partial charge in [0.2, 0.25) is 0 Å². The third-order valence-corrected chi connectivity index (χ3v) is 7.52. The van der Waals surface area contributed by atoms with Gasteiger partial charge in [0.25, 0.3) is 0 Å². The zero-order chi connectivity index (χ0) is 28.9. The van der Waals surface area contributed by atoms with Gasteiger partial charge in [-0.1, -0.05) is 18.2 Å². The number of pyridine rings is 1. The fraction of sp³-hybridized carbons (Fsp3) is 0.419. The Hall–Kier alpha value is -3.72. The summed E-state index contributed by atoms with van der Waals surface area (Å²) in [7, 11) is 2.01. The van der Waals surface area contributed by atoms with Gasteiger partial charge in [0.15, 0.2) is 17.7 Å². The Morgan fingerprint density at radius 1 is 1.18 bits per heavy atom. The molecule has 40 heavy (non-hydrogen) atoms. The topological polar surface area (TPSA) is 75.1 Å². The molecular formula is C31H35F2N3O4. The first-order valence-electron chi connectivity index (χ1n) is 13.5. The Kier molecular flexibility index (Phi) is 7.20. The fourth-order valence-electron chi connectivity index (χ4n) is 5.78. The molecule has 212 valence electrons. The van der Waals surface area contributed by atoms with Crippen LogP contribution in [0.5, 0.6) is 5.75 Å². The van der Waals surface area contributed by atoms with Crippen LogP contribution in [-0.4, -0.2) is 48.4 Å². The number of benzene rings is 2. The standard InChI is InChI=1S/C31H35F2N3O4/c1-17-20(10-11-23-27(17)35(6)14-15-39-23)25-21-12-13-36(16-19-8-7-9-22(32)26(19)33)29(21)34-18(2)24(25)28(30(37)38)40-31(3,4)5/h7-11,28H,12-16H2,1-6H3,(H,37,38). The smallest absolute Gasteiger partial charge is 0.337 e. The number of anilines is 2. The van der Waals surface area contributed by atoms with Gasteiger partial charge in [-0.2, -0.15) is 0 Å². The van der Waals surface area contributed by atoms with E-state index in [4.69, 9.17) is 14.5 Å². The summed E-state index contributed by atoms with van der Waals surface area (Å²) in [5, 5.41) is 10.4. The first kappa shape index (κ1) is 27.8. The van der Waals surface area contributed by atoms with Gasteiger partial charge in [0, 0.05) is 42.5 Å². The Labute approximate surface area is 233 Å². The molecule has 2 aliphatic rings. The highest BCUT2D eigenvalue weighted by atomic mass is 19.2. The number of carbonyl (C=O) groups is 1. The molecule has 0 amide bonds. The Balaban J connectivity index is 1.74. The number of carboxylic acids is 1. The summed E-state index contributed by atoms with van der Waals surface area (Å²) in [4.78, 5) is 21.6. The molecule has 2 aromatic carbocycles. The molecule has 1 aromatic heterocycles. The summed E-state index contributed by atoms with van der Waals surface area (Å²) in [5.74, 6) is -1.45. The summed E-state index contributed by atoms with van der Waals surface area (Å²) in [6.07, 6.45) is -0.695. The Morgan fingerprint density at radius 3 is 2.62 bits per heavy atom. The van der Waals surface area contributed by atoms with Crippen molar-refractivity contribution >= 4 is 17.5 Å². The third-order valence-electron chi connectivity index (χ3n) is 7.52. The average Bonchev–Trinajstić information content (AvgIpc) is 3.26. The molecule has 9 heteroatoms. The van der Waals surface area contributed by atoms with Gasteiger partial charge >= 0.3 is 5.97 Å². The Bertz CT molecular complexity index is 1480. The minimum absolute atomic E-state index is 0.141. The molecule has 1 N–H and O–H groups in total. The van der Waals surface area contributed by atoms with E-state index in [2.05, 4.69) is 4.90 Å². The predicted molar refractivity (Wildman–Crippen MR) is 150 cm³/mol. The number of likely N-dealkylation sites (N-methyl/N-ethyl adjacent to an activating group) is 1. The van der Waals surface area contributed by atoms with Gasteiger partial charge in [0.05, 0.1) is 17.8 Å². The van der Waals surface area contributed by atoms with Gasteiger partial charge in [0.1, 0.15) is 18.2 Å². The van der Waals surface area contributed by atoms with Crippen LogP contribution in [0, 0.1) is 25.5 Å². The highest BCUT2D eigenvalue weighted by Gasteiger charge is 2.37. The number of nitrogens with zero attached hydrogens (tertiary/aromatic N) is 3. The van der Waals surface area contributed by atoms with Crippen molar-refractivity contribution in [2.24, 2.45) is 0 Å². The van der Waals surface area contributed by atoms with E-state index in [-0.39, 0.29) is 12.1 Å². The minimum Gasteiger partial charge on any atom is -0.490 e. The van der Waals surface area contributed by atoms with E-state index >= 15 is 0 Å². The summed E-state index contributed by atoms with van der Waals surface area (Å²) in [6.45, 7) is 11.3. The number of halogens is 2. The molecule has 3 heterocycles. The maximum absolute atomic E-state index is 14.6. The number of aliphatic carboxylic acids is 1. The van der Waals surface area contributed by atoms with Gasteiger partial charge in [-0.25, -0.2) is 18.6 Å². The molecule has 0 spiro atoms. The van der Waals surface area contributed by atoms with E-state index in [0.29, 0.717) is 36.6 Å². The normalized spacial score (nSPS) is 15.5. The van der Waals surface area contributed by atoms with Crippen molar-refractivity contribution in [1.82, 2.24) is 4.98 Å². The Morgan fingerprint density at radius 2 is 1.93 bits per heavy atom. The van der Waals surface area contributed by atoms with Crippen molar-refractivity contribution < 1.29 is 28.2 Å². The second-order valence-electron chi connectivity index (χ2n) is 11.5.